The van der Waals surface area contributed by atoms with Gasteiger partial charge in [-0.15, -0.1) is 10.2 Å². The van der Waals surface area contributed by atoms with Crippen LogP contribution >= 0.6 is 0 Å². The zero-order valence-electron chi connectivity index (χ0n) is 19.4. The third-order valence-electron chi connectivity index (χ3n) is 6.05. The highest BCUT2D eigenvalue weighted by Crippen LogP contribution is 2.26. The molecule has 1 aliphatic rings. The standard InChI is InChI=1S/C26H30N4O3/c1-18-6-8-19(9-7-18)23-11-13-25(29-28-23)30-14-4-5-20(17-30)26(31)27-16-21-15-22(32-2)10-12-24(21)33-3/h6-13,15,20H,4-5,14,16-17H2,1-3H3,(H,27,31)/t20-/m0/s1. The van der Waals surface area contributed by atoms with Crippen molar-refractivity contribution >= 4 is 11.7 Å². The molecule has 33 heavy (non-hydrogen) atoms. The Labute approximate surface area is 194 Å². The van der Waals surface area contributed by atoms with Crippen LogP contribution in [0.3, 0.4) is 0 Å². The number of benzene rings is 2. The van der Waals surface area contributed by atoms with Crippen LogP contribution in [-0.4, -0.2) is 43.4 Å². The Morgan fingerprint density at radius 3 is 2.58 bits per heavy atom. The van der Waals surface area contributed by atoms with Crippen molar-refractivity contribution in [3.63, 3.8) is 0 Å². The van der Waals surface area contributed by atoms with Gasteiger partial charge in [-0.1, -0.05) is 29.8 Å². The summed E-state index contributed by atoms with van der Waals surface area (Å²) in [5.74, 6) is 2.20. The lowest BCUT2D eigenvalue weighted by Crippen LogP contribution is -2.43. The number of rotatable bonds is 7. The molecule has 0 bridgehead atoms. The number of amides is 1. The van der Waals surface area contributed by atoms with E-state index in [4.69, 9.17) is 9.47 Å². The zero-order chi connectivity index (χ0) is 23.2. The Morgan fingerprint density at radius 2 is 1.88 bits per heavy atom. The molecule has 1 aromatic heterocycles. The van der Waals surface area contributed by atoms with Gasteiger partial charge >= 0.3 is 0 Å². The fourth-order valence-corrected chi connectivity index (χ4v) is 4.12. The van der Waals surface area contributed by atoms with Gasteiger partial charge in [-0.25, -0.2) is 0 Å². The minimum absolute atomic E-state index is 0.0359. The molecule has 0 spiro atoms. The number of anilines is 1. The molecule has 1 N–H and O–H groups in total. The predicted octanol–water partition coefficient (Wildman–Crippen LogP) is 4.00. The maximum atomic E-state index is 12.9. The predicted molar refractivity (Wildman–Crippen MR) is 129 cm³/mol. The second kappa shape index (κ2) is 10.3. The molecule has 0 radical (unpaired) electrons. The van der Waals surface area contributed by atoms with Crippen molar-refractivity contribution in [2.24, 2.45) is 5.92 Å². The number of carbonyl (C=O) groups is 1. The molecular weight excluding hydrogens is 416 g/mol. The molecule has 1 atom stereocenters. The molecule has 2 aromatic carbocycles. The molecule has 1 amide bonds. The molecule has 1 saturated heterocycles. The molecule has 3 aromatic rings. The van der Waals surface area contributed by atoms with Gasteiger partial charge in [0.25, 0.3) is 0 Å². The number of nitrogens with zero attached hydrogens (tertiary/aromatic N) is 3. The highest BCUT2D eigenvalue weighted by molar-refractivity contribution is 5.79. The summed E-state index contributed by atoms with van der Waals surface area (Å²) >= 11 is 0. The monoisotopic (exact) mass is 446 g/mol. The van der Waals surface area contributed by atoms with Gasteiger partial charge in [-0.05, 0) is 50.1 Å². The van der Waals surface area contributed by atoms with Gasteiger partial charge in [0.2, 0.25) is 5.91 Å². The number of ether oxygens (including phenoxy) is 2. The first kappa shape index (κ1) is 22.6. The van der Waals surface area contributed by atoms with E-state index in [1.807, 2.05) is 30.3 Å². The van der Waals surface area contributed by atoms with Crippen LogP contribution in [0.1, 0.15) is 24.0 Å². The summed E-state index contributed by atoms with van der Waals surface area (Å²) in [6, 6.07) is 17.8. The third-order valence-corrected chi connectivity index (χ3v) is 6.05. The number of carbonyl (C=O) groups excluding carboxylic acids is 1. The minimum Gasteiger partial charge on any atom is -0.497 e. The molecule has 1 fully saturated rings. The molecular formula is C26H30N4O3. The molecule has 1 aliphatic heterocycles. The Hall–Kier alpha value is -3.61. The van der Waals surface area contributed by atoms with Crippen molar-refractivity contribution < 1.29 is 14.3 Å². The Bertz CT molecular complexity index is 1080. The average molecular weight is 447 g/mol. The first-order valence-corrected chi connectivity index (χ1v) is 11.2. The Kier molecular flexibility index (Phi) is 7.07. The summed E-state index contributed by atoms with van der Waals surface area (Å²) in [6.45, 7) is 3.95. The summed E-state index contributed by atoms with van der Waals surface area (Å²) in [7, 11) is 3.24. The van der Waals surface area contributed by atoms with Crippen LogP contribution in [0.25, 0.3) is 11.3 Å². The maximum Gasteiger partial charge on any atom is 0.225 e. The van der Waals surface area contributed by atoms with E-state index in [2.05, 4.69) is 51.6 Å². The Morgan fingerprint density at radius 1 is 1.06 bits per heavy atom. The van der Waals surface area contributed by atoms with E-state index in [-0.39, 0.29) is 11.8 Å². The quantitative estimate of drug-likeness (QED) is 0.591. The van der Waals surface area contributed by atoms with E-state index in [9.17, 15) is 4.79 Å². The van der Waals surface area contributed by atoms with Crippen molar-refractivity contribution in [2.45, 2.75) is 26.3 Å². The summed E-state index contributed by atoms with van der Waals surface area (Å²) in [5, 5.41) is 11.9. The lowest BCUT2D eigenvalue weighted by molar-refractivity contribution is -0.125. The molecule has 7 nitrogen and oxygen atoms in total. The number of aromatic nitrogens is 2. The van der Waals surface area contributed by atoms with Crippen molar-refractivity contribution in [1.82, 2.24) is 15.5 Å². The number of aryl methyl sites for hydroxylation is 1. The third kappa shape index (κ3) is 5.42. The SMILES string of the molecule is COc1ccc(OC)c(CNC(=O)[C@H]2CCCN(c3ccc(-c4ccc(C)cc4)nn3)C2)c1. The number of hydrogen-bond donors (Lipinski definition) is 1. The first-order valence-electron chi connectivity index (χ1n) is 11.2. The number of nitrogens with one attached hydrogen (secondary N) is 1. The van der Waals surface area contributed by atoms with E-state index >= 15 is 0 Å². The smallest absolute Gasteiger partial charge is 0.225 e. The molecule has 2 heterocycles. The molecule has 172 valence electrons. The van der Waals surface area contributed by atoms with Crippen LogP contribution in [0.15, 0.2) is 54.6 Å². The van der Waals surface area contributed by atoms with E-state index in [1.165, 1.54) is 5.56 Å². The summed E-state index contributed by atoms with van der Waals surface area (Å²) in [4.78, 5) is 15.1. The van der Waals surface area contributed by atoms with Crippen molar-refractivity contribution in [2.75, 3.05) is 32.2 Å². The molecule has 4 rings (SSSR count). The number of methoxy groups -OCH3 is 2. The van der Waals surface area contributed by atoms with Crippen molar-refractivity contribution in [3.05, 3.63) is 65.7 Å². The Balaban J connectivity index is 1.38. The molecule has 0 unspecified atom stereocenters. The van der Waals surface area contributed by atoms with Gasteiger partial charge in [0.05, 0.1) is 25.8 Å². The van der Waals surface area contributed by atoms with Gasteiger partial charge in [-0.3, -0.25) is 4.79 Å². The van der Waals surface area contributed by atoms with E-state index in [0.29, 0.717) is 13.1 Å². The van der Waals surface area contributed by atoms with Crippen LogP contribution in [0.5, 0.6) is 11.5 Å². The van der Waals surface area contributed by atoms with Crippen LogP contribution < -0.4 is 19.7 Å². The summed E-state index contributed by atoms with van der Waals surface area (Å²) in [5.41, 5.74) is 3.99. The summed E-state index contributed by atoms with van der Waals surface area (Å²) < 4.78 is 10.7. The van der Waals surface area contributed by atoms with Gasteiger partial charge < -0.3 is 19.7 Å². The highest BCUT2D eigenvalue weighted by atomic mass is 16.5. The fourth-order valence-electron chi connectivity index (χ4n) is 4.12. The van der Waals surface area contributed by atoms with Crippen molar-refractivity contribution in [3.8, 4) is 22.8 Å². The highest BCUT2D eigenvalue weighted by Gasteiger charge is 2.27. The molecule has 0 saturated carbocycles. The van der Waals surface area contributed by atoms with Crippen LogP contribution in [0, 0.1) is 12.8 Å². The van der Waals surface area contributed by atoms with E-state index in [1.54, 1.807) is 14.2 Å². The minimum atomic E-state index is -0.103. The van der Waals surface area contributed by atoms with Crippen LogP contribution in [0.2, 0.25) is 0 Å². The largest absolute Gasteiger partial charge is 0.497 e. The number of piperidine rings is 1. The second-order valence-corrected chi connectivity index (χ2v) is 8.32. The average Bonchev–Trinajstić information content (AvgIpc) is 2.87. The van der Waals surface area contributed by atoms with Crippen molar-refractivity contribution in [1.29, 1.82) is 0 Å². The van der Waals surface area contributed by atoms with Crippen LogP contribution in [-0.2, 0) is 11.3 Å². The second-order valence-electron chi connectivity index (χ2n) is 8.32. The lowest BCUT2D eigenvalue weighted by Gasteiger charge is -2.32. The van der Waals surface area contributed by atoms with Gasteiger partial charge in [0.15, 0.2) is 5.82 Å². The first-order chi connectivity index (χ1) is 16.1. The topological polar surface area (TPSA) is 76.6 Å². The fraction of sp³-hybridized carbons (Fsp3) is 0.346. The molecule has 0 aliphatic carbocycles. The molecule has 7 heteroatoms. The van der Waals surface area contributed by atoms with Gasteiger partial charge in [0.1, 0.15) is 11.5 Å². The normalized spacial score (nSPS) is 15.7. The lowest BCUT2D eigenvalue weighted by atomic mass is 9.97. The van der Waals surface area contributed by atoms with E-state index < -0.39 is 0 Å². The van der Waals surface area contributed by atoms with E-state index in [0.717, 1.165) is 53.5 Å². The van der Waals surface area contributed by atoms with Gasteiger partial charge in [-0.2, -0.15) is 0 Å². The maximum absolute atomic E-state index is 12.9. The zero-order valence-corrected chi connectivity index (χ0v) is 19.4. The number of hydrogen-bond acceptors (Lipinski definition) is 6. The van der Waals surface area contributed by atoms with Crippen LogP contribution in [0.4, 0.5) is 5.82 Å². The van der Waals surface area contributed by atoms with Gasteiger partial charge in [0, 0.05) is 30.8 Å². The summed E-state index contributed by atoms with van der Waals surface area (Å²) in [6.07, 6.45) is 1.79.